The molecule has 0 amide bonds. The van der Waals surface area contributed by atoms with Crippen LogP contribution in [-0.2, 0) is 13.0 Å². The first kappa shape index (κ1) is 15.7. The van der Waals surface area contributed by atoms with E-state index >= 15 is 0 Å². The lowest BCUT2D eigenvalue weighted by atomic mass is 9.96. The molecule has 6 heteroatoms. The van der Waals surface area contributed by atoms with Gasteiger partial charge in [0.15, 0.2) is 11.0 Å². The van der Waals surface area contributed by atoms with Crippen molar-refractivity contribution in [2.45, 2.75) is 38.6 Å². The fraction of sp³-hybridized carbons (Fsp3) is 0.444. The number of benzene rings is 1. The van der Waals surface area contributed by atoms with E-state index in [-0.39, 0.29) is 0 Å². The number of likely N-dealkylation sites (tertiary alicyclic amines) is 1. The zero-order chi connectivity index (χ0) is 16.5. The van der Waals surface area contributed by atoms with Crippen molar-refractivity contribution < 1.29 is 4.42 Å². The third-order valence-corrected chi connectivity index (χ3v) is 5.17. The Morgan fingerprint density at radius 3 is 2.83 bits per heavy atom. The fourth-order valence-corrected chi connectivity index (χ4v) is 3.68. The summed E-state index contributed by atoms with van der Waals surface area (Å²) in [6.45, 7) is 4.97. The maximum absolute atomic E-state index is 6.31. The van der Waals surface area contributed by atoms with Crippen LogP contribution in [0.2, 0.25) is 5.22 Å². The quantitative estimate of drug-likeness (QED) is 0.772. The van der Waals surface area contributed by atoms with Crippen LogP contribution in [0.25, 0.3) is 11.0 Å². The van der Waals surface area contributed by atoms with Gasteiger partial charge in [0.05, 0.1) is 0 Å². The Morgan fingerprint density at radius 1 is 1.29 bits per heavy atom. The van der Waals surface area contributed by atoms with Crippen LogP contribution in [0.5, 0.6) is 0 Å². The minimum atomic E-state index is 0.453. The Bertz CT molecular complexity index is 833. The Hall–Kier alpha value is -1.85. The summed E-state index contributed by atoms with van der Waals surface area (Å²) in [6.07, 6.45) is 3.06. The van der Waals surface area contributed by atoms with Gasteiger partial charge in [-0.1, -0.05) is 25.1 Å². The molecule has 1 saturated heterocycles. The van der Waals surface area contributed by atoms with Crippen molar-refractivity contribution >= 4 is 22.6 Å². The molecule has 3 heterocycles. The minimum Gasteiger partial charge on any atom is -0.444 e. The number of aryl methyl sites for hydroxylation is 1. The van der Waals surface area contributed by atoms with Gasteiger partial charge in [-0.3, -0.25) is 10.00 Å². The SMILES string of the molecule is CCc1nc(C2CCN(Cc3c(Cl)oc4ccccc34)CC2)n[nH]1. The second kappa shape index (κ2) is 6.57. The third-order valence-electron chi connectivity index (χ3n) is 4.87. The highest BCUT2D eigenvalue weighted by Gasteiger charge is 2.25. The van der Waals surface area contributed by atoms with Crippen molar-refractivity contribution in [2.75, 3.05) is 13.1 Å². The number of nitrogens with zero attached hydrogens (tertiary/aromatic N) is 3. The number of aromatic amines is 1. The van der Waals surface area contributed by atoms with Crippen LogP contribution < -0.4 is 0 Å². The Morgan fingerprint density at radius 2 is 2.08 bits per heavy atom. The van der Waals surface area contributed by atoms with E-state index in [2.05, 4.69) is 33.1 Å². The van der Waals surface area contributed by atoms with E-state index in [0.29, 0.717) is 11.1 Å². The third kappa shape index (κ3) is 2.94. The van der Waals surface area contributed by atoms with Crippen LogP contribution in [0.4, 0.5) is 0 Å². The van der Waals surface area contributed by atoms with Crippen molar-refractivity contribution in [2.24, 2.45) is 0 Å². The predicted octanol–water partition coefficient (Wildman–Crippen LogP) is 4.15. The summed E-state index contributed by atoms with van der Waals surface area (Å²) in [7, 11) is 0. The second-order valence-electron chi connectivity index (χ2n) is 6.39. The number of nitrogens with one attached hydrogen (secondary N) is 1. The molecular formula is C18H21ClN4O. The number of piperidine rings is 1. The van der Waals surface area contributed by atoms with Crippen LogP contribution >= 0.6 is 11.6 Å². The lowest BCUT2D eigenvalue weighted by Gasteiger charge is -2.30. The Labute approximate surface area is 146 Å². The monoisotopic (exact) mass is 344 g/mol. The molecule has 0 bridgehead atoms. The number of fused-ring (bicyclic) bond motifs is 1. The molecule has 1 aliphatic heterocycles. The molecule has 1 N–H and O–H groups in total. The molecule has 0 radical (unpaired) electrons. The smallest absolute Gasteiger partial charge is 0.199 e. The summed E-state index contributed by atoms with van der Waals surface area (Å²) in [6, 6.07) is 8.04. The fourth-order valence-electron chi connectivity index (χ4n) is 3.44. The van der Waals surface area contributed by atoms with Crippen LogP contribution in [0.1, 0.15) is 42.9 Å². The van der Waals surface area contributed by atoms with Gasteiger partial charge in [-0.15, -0.1) is 0 Å². The van der Waals surface area contributed by atoms with Gasteiger partial charge in [-0.25, -0.2) is 4.98 Å². The normalized spacial score (nSPS) is 16.9. The highest BCUT2D eigenvalue weighted by atomic mass is 35.5. The highest BCUT2D eigenvalue weighted by molar-refractivity contribution is 6.30. The van der Waals surface area contributed by atoms with Gasteiger partial charge in [-0.05, 0) is 43.6 Å². The number of H-pyrrole nitrogens is 1. The van der Waals surface area contributed by atoms with E-state index in [1.165, 1.54) is 0 Å². The van der Waals surface area contributed by atoms with Gasteiger partial charge < -0.3 is 4.42 Å². The van der Waals surface area contributed by atoms with Gasteiger partial charge in [-0.2, -0.15) is 5.10 Å². The maximum Gasteiger partial charge on any atom is 0.199 e. The van der Waals surface area contributed by atoms with Gasteiger partial charge >= 0.3 is 0 Å². The molecule has 0 aliphatic carbocycles. The van der Waals surface area contributed by atoms with Gasteiger partial charge in [0.1, 0.15) is 11.4 Å². The molecule has 126 valence electrons. The Balaban J connectivity index is 1.43. The zero-order valence-electron chi connectivity index (χ0n) is 13.8. The molecule has 0 unspecified atom stereocenters. The van der Waals surface area contributed by atoms with E-state index in [4.69, 9.17) is 16.0 Å². The summed E-state index contributed by atoms with van der Waals surface area (Å²) in [5, 5.41) is 9.03. The molecule has 0 atom stereocenters. The minimum absolute atomic E-state index is 0.453. The van der Waals surface area contributed by atoms with E-state index in [1.807, 2.05) is 18.2 Å². The predicted molar refractivity (Wildman–Crippen MR) is 94.2 cm³/mol. The first-order chi connectivity index (χ1) is 11.7. The van der Waals surface area contributed by atoms with Gasteiger partial charge in [0, 0.05) is 29.8 Å². The molecule has 1 aromatic carbocycles. The Kier molecular flexibility index (Phi) is 4.29. The molecule has 1 fully saturated rings. The summed E-state index contributed by atoms with van der Waals surface area (Å²) >= 11 is 6.31. The summed E-state index contributed by atoms with van der Waals surface area (Å²) in [5.74, 6) is 2.40. The van der Waals surface area contributed by atoms with Gasteiger partial charge in [0.2, 0.25) is 0 Å². The zero-order valence-corrected chi connectivity index (χ0v) is 14.5. The molecule has 2 aromatic heterocycles. The first-order valence-corrected chi connectivity index (χ1v) is 8.92. The van der Waals surface area contributed by atoms with Crippen molar-refractivity contribution in [3.63, 3.8) is 0 Å². The molecule has 24 heavy (non-hydrogen) atoms. The number of hydrogen-bond donors (Lipinski definition) is 1. The average Bonchev–Trinajstić information content (AvgIpc) is 3.21. The van der Waals surface area contributed by atoms with E-state index in [0.717, 1.165) is 67.1 Å². The molecular weight excluding hydrogens is 324 g/mol. The lowest BCUT2D eigenvalue weighted by molar-refractivity contribution is 0.202. The van der Waals surface area contributed by atoms with E-state index in [1.54, 1.807) is 0 Å². The van der Waals surface area contributed by atoms with Crippen molar-refractivity contribution in [3.8, 4) is 0 Å². The summed E-state index contributed by atoms with van der Waals surface area (Å²) in [5.41, 5.74) is 1.96. The summed E-state index contributed by atoms with van der Waals surface area (Å²) in [4.78, 5) is 7.02. The number of furan rings is 1. The van der Waals surface area contributed by atoms with Crippen LogP contribution in [0.3, 0.4) is 0 Å². The molecule has 0 saturated carbocycles. The summed E-state index contributed by atoms with van der Waals surface area (Å²) < 4.78 is 5.66. The van der Waals surface area contributed by atoms with E-state index < -0.39 is 0 Å². The molecule has 1 aliphatic rings. The molecule has 5 nitrogen and oxygen atoms in total. The van der Waals surface area contributed by atoms with Gasteiger partial charge in [0.25, 0.3) is 0 Å². The number of halogens is 1. The number of hydrogen-bond acceptors (Lipinski definition) is 4. The number of para-hydroxylation sites is 1. The van der Waals surface area contributed by atoms with E-state index in [9.17, 15) is 0 Å². The average molecular weight is 345 g/mol. The van der Waals surface area contributed by atoms with Crippen molar-refractivity contribution in [3.05, 3.63) is 46.7 Å². The maximum atomic E-state index is 6.31. The van der Waals surface area contributed by atoms with Crippen LogP contribution in [0, 0.1) is 0 Å². The largest absolute Gasteiger partial charge is 0.444 e. The van der Waals surface area contributed by atoms with Crippen molar-refractivity contribution in [1.29, 1.82) is 0 Å². The van der Waals surface area contributed by atoms with Crippen LogP contribution in [0.15, 0.2) is 28.7 Å². The molecule has 4 rings (SSSR count). The lowest BCUT2D eigenvalue weighted by Crippen LogP contribution is -2.32. The topological polar surface area (TPSA) is 58.0 Å². The standard InChI is InChI=1S/C18H21ClN4O/c1-2-16-20-18(22-21-16)12-7-9-23(10-8-12)11-14-13-5-3-4-6-15(13)24-17(14)19/h3-6,12H,2,7-11H2,1H3,(H,20,21,22). The van der Waals surface area contributed by atoms with Crippen LogP contribution in [-0.4, -0.2) is 33.2 Å². The van der Waals surface area contributed by atoms with Crippen molar-refractivity contribution in [1.82, 2.24) is 20.1 Å². The second-order valence-corrected chi connectivity index (χ2v) is 6.74. The first-order valence-electron chi connectivity index (χ1n) is 8.54. The highest BCUT2D eigenvalue weighted by Crippen LogP contribution is 2.32. The molecule has 0 spiro atoms. The number of aromatic nitrogens is 3. The molecule has 3 aromatic rings. The number of rotatable bonds is 4.